The highest BCUT2D eigenvalue weighted by molar-refractivity contribution is 5.93. The zero-order valence-corrected chi connectivity index (χ0v) is 14.0. The SMILES string of the molecule is CCOC(=O)c1ccc(Nc2ccnc(C(=O)NC(C)C)c2)cc1. The lowest BCUT2D eigenvalue weighted by Gasteiger charge is -2.10. The molecule has 1 amide bonds. The molecule has 0 fully saturated rings. The number of carbonyl (C=O) groups is 2. The summed E-state index contributed by atoms with van der Waals surface area (Å²) in [5.41, 5.74) is 2.37. The second-order valence-electron chi connectivity index (χ2n) is 5.48. The molecule has 0 bridgehead atoms. The third-order valence-corrected chi connectivity index (χ3v) is 3.10. The van der Waals surface area contributed by atoms with Gasteiger partial charge in [0.15, 0.2) is 0 Å². The van der Waals surface area contributed by atoms with E-state index >= 15 is 0 Å². The molecule has 2 N–H and O–H groups in total. The number of nitrogens with zero attached hydrogens (tertiary/aromatic N) is 1. The van der Waals surface area contributed by atoms with Crippen LogP contribution in [0.25, 0.3) is 0 Å². The summed E-state index contributed by atoms with van der Waals surface area (Å²) in [4.78, 5) is 27.7. The van der Waals surface area contributed by atoms with E-state index in [1.54, 1.807) is 49.5 Å². The molecule has 0 radical (unpaired) electrons. The number of benzene rings is 1. The largest absolute Gasteiger partial charge is 0.462 e. The molecule has 0 aliphatic rings. The van der Waals surface area contributed by atoms with E-state index in [4.69, 9.17) is 4.74 Å². The van der Waals surface area contributed by atoms with Crippen LogP contribution in [0.2, 0.25) is 0 Å². The average molecular weight is 327 g/mol. The fourth-order valence-corrected chi connectivity index (χ4v) is 2.04. The van der Waals surface area contributed by atoms with E-state index in [1.807, 2.05) is 13.8 Å². The van der Waals surface area contributed by atoms with Gasteiger partial charge in [-0.05, 0) is 57.2 Å². The Morgan fingerprint density at radius 3 is 2.46 bits per heavy atom. The summed E-state index contributed by atoms with van der Waals surface area (Å²) in [6, 6.07) is 10.4. The van der Waals surface area contributed by atoms with Crippen molar-refractivity contribution in [2.24, 2.45) is 0 Å². The van der Waals surface area contributed by atoms with Crippen LogP contribution >= 0.6 is 0 Å². The summed E-state index contributed by atoms with van der Waals surface area (Å²) in [6.07, 6.45) is 1.57. The van der Waals surface area contributed by atoms with Gasteiger partial charge in [0, 0.05) is 23.6 Å². The van der Waals surface area contributed by atoms with Crippen molar-refractivity contribution in [3.63, 3.8) is 0 Å². The number of hydrogen-bond acceptors (Lipinski definition) is 5. The zero-order chi connectivity index (χ0) is 17.5. The normalized spacial score (nSPS) is 10.3. The first kappa shape index (κ1) is 17.5. The Labute approximate surface area is 141 Å². The summed E-state index contributed by atoms with van der Waals surface area (Å²) in [5.74, 6) is -0.563. The van der Waals surface area contributed by atoms with Gasteiger partial charge in [-0.1, -0.05) is 0 Å². The first-order valence-electron chi connectivity index (χ1n) is 7.80. The lowest BCUT2D eigenvalue weighted by atomic mass is 10.2. The van der Waals surface area contributed by atoms with Crippen LogP contribution in [0.3, 0.4) is 0 Å². The Balaban J connectivity index is 2.08. The molecule has 1 aromatic heterocycles. The lowest BCUT2D eigenvalue weighted by Crippen LogP contribution is -2.30. The summed E-state index contributed by atoms with van der Waals surface area (Å²) in [6.45, 7) is 5.90. The summed E-state index contributed by atoms with van der Waals surface area (Å²) < 4.78 is 4.95. The van der Waals surface area contributed by atoms with Crippen molar-refractivity contribution in [2.45, 2.75) is 26.8 Å². The number of carbonyl (C=O) groups excluding carboxylic acids is 2. The highest BCUT2D eigenvalue weighted by Crippen LogP contribution is 2.18. The molecule has 0 saturated heterocycles. The minimum absolute atomic E-state index is 0.0475. The fraction of sp³-hybridized carbons (Fsp3) is 0.278. The van der Waals surface area contributed by atoms with E-state index in [1.165, 1.54) is 0 Å². The Bertz CT molecular complexity index is 712. The summed E-state index contributed by atoms with van der Waals surface area (Å²) in [5, 5.41) is 5.98. The van der Waals surface area contributed by atoms with E-state index in [-0.39, 0.29) is 17.9 Å². The molecule has 126 valence electrons. The molecule has 1 heterocycles. The maximum atomic E-state index is 12.0. The Morgan fingerprint density at radius 1 is 1.12 bits per heavy atom. The number of ether oxygens (including phenoxy) is 1. The number of amides is 1. The van der Waals surface area contributed by atoms with Crippen LogP contribution in [0.1, 0.15) is 41.6 Å². The van der Waals surface area contributed by atoms with E-state index in [2.05, 4.69) is 15.6 Å². The number of pyridine rings is 1. The topological polar surface area (TPSA) is 80.3 Å². The molecular formula is C18H21N3O3. The maximum absolute atomic E-state index is 12.0. The van der Waals surface area contributed by atoms with E-state index in [0.29, 0.717) is 17.9 Å². The van der Waals surface area contributed by atoms with Gasteiger partial charge in [-0.15, -0.1) is 0 Å². The van der Waals surface area contributed by atoms with Crippen LogP contribution in [-0.2, 0) is 4.74 Å². The monoisotopic (exact) mass is 327 g/mol. The number of esters is 1. The van der Waals surface area contributed by atoms with E-state index < -0.39 is 0 Å². The van der Waals surface area contributed by atoms with Gasteiger partial charge < -0.3 is 15.4 Å². The number of aromatic nitrogens is 1. The van der Waals surface area contributed by atoms with Crippen LogP contribution in [0, 0.1) is 0 Å². The van der Waals surface area contributed by atoms with Crippen molar-refractivity contribution in [1.82, 2.24) is 10.3 Å². The second-order valence-corrected chi connectivity index (χ2v) is 5.48. The molecule has 2 rings (SSSR count). The quantitative estimate of drug-likeness (QED) is 0.797. The van der Waals surface area contributed by atoms with Crippen molar-refractivity contribution in [2.75, 3.05) is 11.9 Å². The molecule has 6 nitrogen and oxygen atoms in total. The fourth-order valence-electron chi connectivity index (χ4n) is 2.04. The van der Waals surface area contributed by atoms with Crippen LogP contribution < -0.4 is 10.6 Å². The van der Waals surface area contributed by atoms with Gasteiger partial charge in [-0.2, -0.15) is 0 Å². The van der Waals surface area contributed by atoms with Gasteiger partial charge in [0.1, 0.15) is 5.69 Å². The molecular weight excluding hydrogens is 306 g/mol. The molecule has 6 heteroatoms. The van der Waals surface area contributed by atoms with Gasteiger partial charge in [0.2, 0.25) is 0 Å². The molecule has 0 saturated carbocycles. The molecule has 2 aromatic rings. The minimum atomic E-state index is -0.347. The highest BCUT2D eigenvalue weighted by atomic mass is 16.5. The number of hydrogen-bond donors (Lipinski definition) is 2. The van der Waals surface area contributed by atoms with Crippen molar-refractivity contribution in [3.8, 4) is 0 Å². The van der Waals surface area contributed by atoms with Crippen LogP contribution in [0.15, 0.2) is 42.6 Å². The maximum Gasteiger partial charge on any atom is 0.338 e. The smallest absolute Gasteiger partial charge is 0.338 e. The predicted molar refractivity (Wildman–Crippen MR) is 92.5 cm³/mol. The third kappa shape index (κ3) is 4.81. The van der Waals surface area contributed by atoms with Crippen molar-refractivity contribution in [1.29, 1.82) is 0 Å². The van der Waals surface area contributed by atoms with Crippen molar-refractivity contribution < 1.29 is 14.3 Å². The Hall–Kier alpha value is -2.89. The Kier molecular flexibility index (Phi) is 5.89. The molecule has 24 heavy (non-hydrogen) atoms. The van der Waals surface area contributed by atoms with Crippen LogP contribution in [-0.4, -0.2) is 29.5 Å². The number of rotatable bonds is 6. The highest BCUT2D eigenvalue weighted by Gasteiger charge is 2.09. The summed E-state index contributed by atoms with van der Waals surface area (Å²) >= 11 is 0. The second kappa shape index (κ2) is 8.10. The van der Waals surface area contributed by atoms with E-state index in [0.717, 1.165) is 11.4 Å². The van der Waals surface area contributed by atoms with E-state index in [9.17, 15) is 9.59 Å². The predicted octanol–water partition coefficient (Wildman–Crippen LogP) is 3.14. The first-order valence-corrected chi connectivity index (χ1v) is 7.80. The molecule has 0 spiro atoms. The third-order valence-electron chi connectivity index (χ3n) is 3.10. The molecule has 0 atom stereocenters. The minimum Gasteiger partial charge on any atom is -0.462 e. The molecule has 0 unspecified atom stereocenters. The van der Waals surface area contributed by atoms with Crippen LogP contribution in [0.5, 0.6) is 0 Å². The van der Waals surface area contributed by atoms with Gasteiger partial charge in [0.05, 0.1) is 12.2 Å². The van der Waals surface area contributed by atoms with Crippen molar-refractivity contribution >= 4 is 23.3 Å². The lowest BCUT2D eigenvalue weighted by molar-refractivity contribution is 0.0526. The zero-order valence-electron chi connectivity index (χ0n) is 14.0. The molecule has 0 aliphatic heterocycles. The molecule has 0 aliphatic carbocycles. The van der Waals surface area contributed by atoms with Gasteiger partial charge in [-0.25, -0.2) is 4.79 Å². The van der Waals surface area contributed by atoms with Gasteiger partial charge in [-0.3, -0.25) is 9.78 Å². The van der Waals surface area contributed by atoms with Gasteiger partial charge >= 0.3 is 5.97 Å². The number of anilines is 2. The van der Waals surface area contributed by atoms with Gasteiger partial charge in [0.25, 0.3) is 5.91 Å². The average Bonchev–Trinajstić information content (AvgIpc) is 2.55. The Morgan fingerprint density at radius 2 is 1.83 bits per heavy atom. The standard InChI is InChI=1S/C18H21N3O3/c1-4-24-18(23)13-5-7-14(8-6-13)21-15-9-10-19-16(11-15)17(22)20-12(2)3/h5-12H,4H2,1-3H3,(H,19,21)(H,20,22). The first-order chi connectivity index (χ1) is 11.5. The molecule has 1 aromatic carbocycles. The van der Waals surface area contributed by atoms with Crippen molar-refractivity contribution in [3.05, 3.63) is 53.9 Å². The van der Waals surface area contributed by atoms with Crippen LogP contribution in [0.4, 0.5) is 11.4 Å². The summed E-state index contributed by atoms with van der Waals surface area (Å²) in [7, 11) is 0. The number of nitrogens with one attached hydrogen (secondary N) is 2.